The Kier molecular flexibility index (Phi) is 21.2. The van der Waals surface area contributed by atoms with E-state index in [2.05, 4.69) is 255 Å². The summed E-state index contributed by atoms with van der Waals surface area (Å²) >= 11 is 23.6. The maximum atomic E-state index is 10.3. The number of methoxy groups -OCH3 is 1. The Labute approximate surface area is 629 Å². The maximum Gasteiger partial charge on any atom is 0.135 e. The van der Waals surface area contributed by atoms with Crippen molar-refractivity contribution in [3.05, 3.63) is 381 Å². The van der Waals surface area contributed by atoms with E-state index in [1.165, 1.54) is 82.0 Å². The fourth-order valence-corrected chi connectivity index (χ4v) is 16.1. The molecule has 18 rings (SSSR count). The van der Waals surface area contributed by atoms with Gasteiger partial charge in [-0.3, -0.25) is 0 Å². The van der Waals surface area contributed by atoms with Gasteiger partial charge in [-0.05, 0) is 155 Å². The molecule has 8 heteroatoms. The molecule has 0 fully saturated rings. The van der Waals surface area contributed by atoms with E-state index >= 15 is 0 Å². The summed E-state index contributed by atoms with van der Waals surface area (Å²) in [5.41, 5.74) is 17.0. The summed E-state index contributed by atoms with van der Waals surface area (Å²) in [5.74, 6) is 2.98. The summed E-state index contributed by atoms with van der Waals surface area (Å²) in [7, 11) is 1.71. The highest BCUT2D eigenvalue weighted by Crippen LogP contribution is 2.48. The Morgan fingerprint density at radius 1 is 0.255 bits per heavy atom. The Hall–Kier alpha value is -10.5. The predicted octanol–water partition coefficient (Wildman–Crippen LogP) is 29.6. The molecule has 0 aliphatic carbocycles. The summed E-state index contributed by atoms with van der Waals surface area (Å²) in [6.07, 6.45) is 0. The average molecular weight is 1550 g/mol. The van der Waals surface area contributed by atoms with E-state index in [9.17, 15) is 5.11 Å². The third-order valence-corrected chi connectivity index (χ3v) is 20.9. The van der Waals surface area contributed by atoms with Crippen LogP contribution in [0.3, 0.4) is 0 Å². The van der Waals surface area contributed by atoms with Crippen molar-refractivity contribution in [1.29, 1.82) is 0 Å². The molecule has 0 bridgehead atoms. The molecule has 0 radical (unpaired) electrons. The number of phenols is 1. The molecule has 17 aromatic rings. The molecule has 17 aromatic carbocycles. The van der Waals surface area contributed by atoms with Crippen LogP contribution in [0.25, 0.3) is 132 Å². The van der Waals surface area contributed by atoms with E-state index in [-0.39, 0.29) is 5.75 Å². The first-order valence-electron chi connectivity index (χ1n) is 33.4. The predicted molar refractivity (Wildman–Crippen MR) is 444 cm³/mol. The zero-order valence-electron chi connectivity index (χ0n) is 55.6. The third kappa shape index (κ3) is 14.4. The molecular weight excluding hydrogens is 1490 g/mol. The minimum absolute atomic E-state index is 0.277. The van der Waals surface area contributed by atoms with Crippen molar-refractivity contribution >= 4 is 125 Å². The van der Waals surface area contributed by atoms with Gasteiger partial charge in [-0.2, -0.15) is 0 Å². The quantitative estimate of drug-likeness (QED) is 0.180. The second kappa shape index (κ2) is 31.6. The average Bonchev–Trinajstić information content (AvgIpc) is 0.613. The van der Waals surface area contributed by atoms with Crippen LogP contribution in [-0.2, 0) is 0 Å². The summed E-state index contributed by atoms with van der Waals surface area (Å²) in [5, 5.41) is 24.0. The van der Waals surface area contributed by atoms with E-state index in [0.717, 1.165) is 96.0 Å². The summed E-state index contributed by atoms with van der Waals surface area (Å²) in [4.78, 5) is 0. The second-order valence-corrected chi connectivity index (χ2v) is 27.8. The number of phenolic OH excluding ortho intramolecular Hbond substituents is 1. The number of aryl methyl sites for hydroxylation is 1. The molecule has 1 aliphatic rings. The van der Waals surface area contributed by atoms with Crippen molar-refractivity contribution in [2.24, 2.45) is 0 Å². The molecule has 1 N–H and O–H groups in total. The number of ether oxygens (including phenoxy) is 2. The van der Waals surface area contributed by atoms with E-state index < -0.39 is 0 Å². The van der Waals surface area contributed by atoms with E-state index in [1.54, 1.807) is 13.2 Å². The van der Waals surface area contributed by atoms with Gasteiger partial charge in [-0.1, -0.05) is 368 Å². The lowest BCUT2D eigenvalue weighted by molar-refractivity contribution is 0.416. The SMILES string of the molecule is Brc1cccc2cccc(Br)c12.COc1ccccc1-c1cccc2cccc(Br)c12.Cc1ccccc1-c1cccc2cccc(-c3ccccc3Cl)c12.Oc1ccccc1-c1cccc2cccc(-c3ccccc3Cl)c12.c1ccc2c(c1)Oc1ccccc1-c1cccc3cccc-2c13. The molecular formula is C94H65Br3Cl2O3. The van der Waals surface area contributed by atoms with Crippen LogP contribution in [0.1, 0.15) is 5.56 Å². The smallest absolute Gasteiger partial charge is 0.135 e. The number of halogens is 5. The molecule has 0 unspecified atom stereocenters. The lowest BCUT2D eigenvalue weighted by Crippen LogP contribution is -1.96. The van der Waals surface area contributed by atoms with Crippen molar-refractivity contribution < 1.29 is 14.6 Å². The Bertz CT molecular complexity index is 5480. The van der Waals surface area contributed by atoms with E-state index in [0.29, 0.717) is 0 Å². The molecule has 0 amide bonds. The van der Waals surface area contributed by atoms with E-state index in [1.807, 2.05) is 146 Å². The Morgan fingerprint density at radius 2 is 0.529 bits per heavy atom. The van der Waals surface area contributed by atoms with Crippen LogP contribution in [-0.4, -0.2) is 12.2 Å². The molecule has 0 saturated carbocycles. The highest BCUT2D eigenvalue weighted by molar-refractivity contribution is 9.11. The topological polar surface area (TPSA) is 38.7 Å². The zero-order chi connectivity index (χ0) is 70.1. The normalized spacial score (nSPS) is 11.0. The van der Waals surface area contributed by atoms with E-state index in [4.69, 9.17) is 32.7 Å². The van der Waals surface area contributed by atoms with Gasteiger partial charge >= 0.3 is 0 Å². The number of hydrogen-bond acceptors (Lipinski definition) is 3. The largest absolute Gasteiger partial charge is 0.507 e. The van der Waals surface area contributed by atoms with Gasteiger partial charge in [-0.15, -0.1) is 0 Å². The highest BCUT2D eigenvalue weighted by Gasteiger charge is 2.21. The molecule has 1 heterocycles. The van der Waals surface area contributed by atoms with Gasteiger partial charge in [0.25, 0.3) is 0 Å². The van der Waals surface area contributed by atoms with Crippen LogP contribution in [0, 0.1) is 6.92 Å². The number of hydrogen-bond donors (Lipinski definition) is 1. The first kappa shape index (κ1) is 68.6. The fourth-order valence-electron chi connectivity index (χ4n) is 13.6. The Morgan fingerprint density at radius 3 is 0.931 bits per heavy atom. The minimum Gasteiger partial charge on any atom is -0.507 e. The monoisotopic (exact) mass is 1550 g/mol. The first-order chi connectivity index (χ1) is 50.0. The summed E-state index contributed by atoms with van der Waals surface area (Å²) in [6, 6.07) is 120. The number of aromatic hydroxyl groups is 1. The molecule has 494 valence electrons. The van der Waals surface area contributed by atoms with Crippen molar-refractivity contribution in [3.8, 4) is 101 Å². The summed E-state index contributed by atoms with van der Waals surface area (Å²) in [6.45, 7) is 2.16. The van der Waals surface area contributed by atoms with Crippen LogP contribution in [0.15, 0.2) is 365 Å². The summed E-state index contributed by atoms with van der Waals surface area (Å²) < 4.78 is 15.1. The lowest BCUT2D eigenvalue weighted by atomic mass is 9.90. The van der Waals surface area contributed by atoms with Gasteiger partial charge in [0, 0.05) is 67.6 Å². The van der Waals surface area contributed by atoms with Gasteiger partial charge in [0.05, 0.1) is 7.11 Å². The van der Waals surface area contributed by atoms with Crippen molar-refractivity contribution in [1.82, 2.24) is 0 Å². The van der Waals surface area contributed by atoms with Crippen LogP contribution in [0.5, 0.6) is 23.0 Å². The van der Waals surface area contributed by atoms with Crippen LogP contribution < -0.4 is 9.47 Å². The molecule has 0 atom stereocenters. The van der Waals surface area contributed by atoms with Crippen LogP contribution in [0.2, 0.25) is 10.0 Å². The number of para-hydroxylation sites is 4. The van der Waals surface area contributed by atoms with Crippen LogP contribution >= 0.6 is 71.0 Å². The third-order valence-electron chi connectivity index (χ3n) is 18.3. The molecule has 0 spiro atoms. The maximum absolute atomic E-state index is 10.3. The molecule has 0 saturated heterocycles. The molecule has 1 aliphatic heterocycles. The lowest BCUT2D eigenvalue weighted by Gasteiger charge is -2.21. The van der Waals surface area contributed by atoms with Crippen molar-refractivity contribution in [2.75, 3.05) is 7.11 Å². The molecule has 102 heavy (non-hydrogen) atoms. The Balaban J connectivity index is 0.000000110. The number of benzene rings is 17. The number of rotatable bonds is 6. The molecule has 3 nitrogen and oxygen atoms in total. The highest BCUT2D eigenvalue weighted by atomic mass is 79.9. The van der Waals surface area contributed by atoms with Gasteiger partial charge in [0.1, 0.15) is 23.0 Å². The van der Waals surface area contributed by atoms with Gasteiger partial charge in [-0.25, -0.2) is 0 Å². The first-order valence-corrected chi connectivity index (χ1v) is 36.6. The van der Waals surface area contributed by atoms with Crippen LogP contribution in [0.4, 0.5) is 0 Å². The van der Waals surface area contributed by atoms with Crippen molar-refractivity contribution in [2.45, 2.75) is 6.92 Å². The van der Waals surface area contributed by atoms with Gasteiger partial charge in [0.15, 0.2) is 0 Å². The van der Waals surface area contributed by atoms with Gasteiger partial charge < -0.3 is 14.6 Å². The second-order valence-electron chi connectivity index (χ2n) is 24.4. The standard InChI is InChI=1S/C23H17Cl.C22H15ClO.C22H14O.C17H13BrO.C10H6Br2/c1-16-8-2-3-11-18(16)20-13-6-9-17-10-7-14-21(23(17)20)19-12-4-5-15-22(19)24;23-20-13-3-1-9-16(20)18-11-5-7-15-8-6-12-19(22(15)18)17-10-2-4-14-21(17)24;1-3-13-20-16(9-1)18-11-5-7-15-8-6-12-19(22(15)18)17-10-2-4-14-21(17)23-20;1-19-16-11-3-2-8-13(16)14-9-4-6-12-7-5-10-15(18)17(12)14;11-8-5-1-3-7-4-2-6-9(12)10(7)8/h2-15H,1H3;1-14,24H;1-14H;2-11H,1H3;1-6H. The van der Waals surface area contributed by atoms with Gasteiger partial charge in [0.2, 0.25) is 0 Å². The zero-order valence-corrected chi connectivity index (χ0v) is 61.9. The fraction of sp³-hybridized carbons (Fsp3) is 0.0213. The minimum atomic E-state index is 0.277. The molecule has 0 aromatic heterocycles. The number of fused-ring (bicyclic) bond motifs is 8. The van der Waals surface area contributed by atoms with Crippen molar-refractivity contribution in [3.63, 3.8) is 0 Å².